The molecular weight excluding hydrogens is 488 g/mol. The van der Waals surface area contributed by atoms with Gasteiger partial charge in [0.2, 0.25) is 5.76 Å². The van der Waals surface area contributed by atoms with E-state index >= 15 is 0 Å². The lowest BCUT2D eigenvalue weighted by Crippen LogP contribution is -2.43. The Hall–Kier alpha value is -3.40. The van der Waals surface area contributed by atoms with Crippen LogP contribution in [0.4, 0.5) is 0 Å². The number of aliphatic carboxylic acids is 1. The fraction of sp³-hybridized carbons (Fsp3) is 0.346. The molecule has 0 spiro atoms. The van der Waals surface area contributed by atoms with E-state index in [1.807, 2.05) is 42.5 Å². The summed E-state index contributed by atoms with van der Waals surface area (Å²) in [5, 5.41) is 24.4. The molecule has 2 aromatic carbocycles. The van der Waals surface area contributed by atoms with Crippen molar-refractivity contribution in [3.05, 3.63) is 81.3 Å². The van der Waals surface area contributed by atoms with Crippen LogP contribution in [-0.2, 0) is 16.0 Å². The highest BCUT2D eigenvalue weighted by Crippen LogP contribution is 2.30. The maximum atomic E-state index is 12.7. The summed E-state index contributed by atoms with van der Waals surface area (Å²) >= 11 is 6.10. The van der Waals surface area contributed by atoms with Gasteiger partial charge in [-0.15, -0.1) is 0 Å². The molecule has 0 aliphatic rings. The van der Waals surface area contributed by atoms with Crippen molar-refractivity contribution in [1.82, 2.24) is 10.5 Å². The number of H-pyrrole nitrogens is 1. The van der Waals surface area contributed by atoms with Gasteiger partial charge in [-0.2, -0.15) is 5.16 Å². The fourth-order valence-electron chi connectivity index (χ4n) is 3.92. The minimum absolute atomic E-state index is 0.0985. The van der Waals surface area contributed by atoms with Crippen LogP contribution < -0.4 is 10.9 Å². The second-order valence-electron chi connectivity index (χ2n) is 8.81. The maximum absolute atomic E-state index is 12.7. The van der Waals surface area contributed by atoms with Crippen molar-refractivity contribution >= 4 is 23.5 Å². The van der Waals surface area contributed by atoms with Crippen LogP contribution in [-0.4, -0.2) is 53.1 Å². The molecule has 4 N–H and O–H groups in total. The Morgan fingerprint density at radius 2 is 1.89 bits per heavy atom. The third kappa shape index (κ3) is 7.55. The Balaban J connectivity index is 1.80. The number of rotatable bonds is 13. The van der Waals surface area contributed by atoms with Crippen LogP contribution >= 0.6 is 11.6 Å². The van der Waals surface area contributed by atoms with Crippen LogP contribution in [0.2, 0.25) is 5.02 Å². The summed E-state index contributed by atoms with van der Waals surface area (Å²) in [4.78, 5) is 36.3. The number of aliphatic hydroxyl groups excluding tert-OH is 1. The van der Waals surface area contributed by atoms with Crippen molar-refractivity contribution in [2.45, 2.75) is 32.2 Å². The number of carbonyl (C=O) groups is 2. The van der Waals surface area contributed by atoms with Crippen LogP contribution in [0.1, 0.15) is 35.9 Å². The van der Waals surface area contributed by atoms with Gasteiger partial charge in [0, 0.05) is 17.7 Å². The van der Waals surface area contributed by atoms with Gasteiger partial charge >= 0.3 is 5.97 Å². The van der Waals surface area contributed by atoms with E-state index in [1.54, 1.807) is 13.0 Å². The number of carboxylic acid groups (broad SMARTS) is 1. The first-order chi connectivity index (χ1) is 17.2. The lowest BCUT2D eigenvalue weighted by Gasteiger charge is -2.30. The van der Waals surface area contributed by atoms with Crippen LogP contribution in [0.5, 0.6) is 0 Å². The standard InChI is InChI=1S/C26H29ClN2O7/c1-26(25(33)34,9-11-35-12-10-30)16-21(28-24(32)22-15-23(31)29-36-22)13-17-5-7-18(8-6-17)19-3-2-4-20(27)14-19/h2-8,14-15,21,30H,9-13,16H2,1H3,(H,28,32)(H,29,31)(H,33,34)/t21-,26-/m1/s1. The maximum Gasteiger partial charge on any atom is 0.309 e. The van der Waals surface area contributed by atoms with Crippen molar-refractivity contribution in [3.8, 4) is 11.1 Å². The average molecular weight is 517 g/mol. The van der Waals surface area contributed by atoms with Crippen LogP contribution in [0.3, 0.4) is 0 Å². The van der Waals surface area contributed by atoms with E-state index in [1.165, 1.54) is 0 Å². The summed E-state index contributed by atoms with van der Waals surface area (Å²) in [7, 11) is 0. The Morgan fingerprint density at radius 1 is 1.14 bits per heavy atom. The molecule has 0 bridgehead atoms. The summed E-state index contributed by atoms with van der Waals surface area (Å²) in [5.74, 6) is -1.85. The van der Waals surface area contributed by atoms with Gasteiger partial charge in [-0.25, -0.2) is 0 Å². The second kappa shape index (κ2) is 12.5. The number of nitrogens with one attached hydrogen (secondary N) is 2. The smallest absolute Gasteiger partial charge is 0.309 e. The number of ether oxygens (including phenoxy) is 1. The molecule has 0 saturated heterocycles. The SMILES string of the molecule is C[C@@](CCOCCO)(C[C@@H](Cc1ccc(-c2cccc(Cl)c2)cc1)NC(=O)c1cc(=O)[nH]o1)C(=O)O. The summed E-state index contributed by atoms with van der Waals surface area (Å²) < 4.78 is 10.2. The molecule has 3 rings (SSSR count). The molecule has 9 nitrogen and oxygen atoms in total. The van der Waals surface area contributed by atoms with E-state index in [-0.39, 0.29) is 38.4 Å². The highest BCUT2D eigenvalue weighted by Gasteiger charge is 2.36. The van der Waals surface area contributed by atoms with E-state index in [0.29, 0.717) is 11.4 Å². The van der Waals surface area contributed by atoms with Crippen molar-refractivity contribution in [3.63, 3.8) is 0 Å². The molecule has 10 heteroatoms. The minimum Gasteiger partial charge on any atom is -0.481 e. The van der Waals surface area contributed by atoms with Gasteiger partial charge in [-0.05, 0) is 55.0 Å². The van der Waals surface area contributed by atoms with Gasteiger partial charge in [0.05, 0.1) is 24.7 Å². The third-order valence-corrected chi connectivity index (χ3v) is 6.16. The number of benzene rings is 2. The van der Waals surface area contributed by atoms with Crippen molar-refractivity contribution in [2.24, 2.45) is 5.41 Å². The topological polar surface area (TPSA) is 142 Å². The predicted octanol–water partition coefficient (Wildman–Crippen LogP) is 3.51. The summed E-state index contributed by atoms with van der Waals surface area (Å²) in [6, 6.07) is 15.6. The molecule has 0 radical (unpaired) electrons. The molecule has 0 aliphatic carbocycles. The Kier molecular flexibility index (Phi) is 9.46. The molecule has 2 atom stereocenters. The van der Waals surface area contributed by atoms with E-state index in [0.717, 1.165) is 22.8 Å². The van der Waals surface area contributed by atoms with Crippen molar-refractivity contribution in [1.29, 1.82) is 0 Å². The molecule has 1 aromatic heterocycles. The predicted molar refractivity (Wildman–Crippen MR) is 134 cm³/mol. The number of carbonyl (C=O) groups excluding carboxylic acids is 1. The number of aromatic amines is 1. The molecule has 1 amide bonds. The highest BCUT2D eigenvalue weighted by molar-refractivity contribution is 6.30. The monoisotopic (exact) mass is 516 g/mol. The zero-order valence-electron chi connectivity index (χ0n) is 19.8. The number of amides is 1. The van der Waals surface area contributed by atoms with Crippen molar-refractivity contribution < 1.29 is 29.1 Å². The van der Waals surface area contributed by atoms with E-state index < -0.39 is 28.9 Å². The molecule has 0 unspecified atom stereocenters. The summed E-state index contributed by atoms with van der Waals surface area (Å²) in [6.45, 7) is 1.69. The zero-order valence-corrected chi connectivity index (χ0v) is 20.6. The third-order valence-electron chi connectivity index (χ3n) is 5.92. The Bertz CT molecular complexity index is 1220. The van der Waals surface area contributed by atoms with Gasteiger partial charge in [-0.1, -0.05) is 48.0 Å². The number of aliphatic hydroxyl groups is 1. The Labute approximate surface area is 213 Å². The van der Waals surface area contributed by atoms with E-state index in [4.69, 9.17) is 26.0 Å². The highest BCUT2D eigenvalue weighted by atomic mass is 35.5. The van der Waals surface area contributed by atoms with Gasteiger partial charge in [0.25, 0.3) is 11.5 Å². The van der Waals surface area contributed by atoms with E-state index in [2.05, 4.69) is 10.5 Å². The first-order valence-corrected chi connectivity index (χ1v) is 11.8. The normalized spacial score (nSPS) is 13.6. The molecule has 0 saturated carbocycles. The first kappa shape index (κ1) is 27.2. The minimum atomic E-state index is -1.22. The summed E-state index contributed by atoms with van der Waals surface area (Å²) in [6.07, 6.45) is 0.624. The van der Waals surface area contributed by atoms with Gasteiger partial charge in [0.15, 0.2) is 0 Å². The largest absolute Gasteiger partial charge is 0.481 e. The number of halogens is 1. The quantitative estimate of drug-likeness (QED) is 0.255. The lowest BCUT2D eigenvalue weighted by atomic mass is 9.79. The van der Waals surface area contributed by atoms with E-state index in [9.17, 15) is 19.5 Å². The molecular formula is C26H29ClN2O7. The van der Waals surface area contributed by atoms with Gasteiger partial charge in [0.1, 0.15) is 0 Å². The number of hydrogen-bond donors (Lipinski definition) is 4. The van der Waals surface area contributed by atoms with Gasteiger partial charge in [-0.3, -0.25) is 14.4 Å². The molecule has 0 fully saturated rings. The van der Waals surface area contributed by atoms with Crippen LogP contribution in [0.15, 0.2) is 63.9 Å². The Morgan fingerprint density at radius 3 is 2.50 bits per heavy atom. The number of carboxylic acids is 1. The van der Waals surface area contributed by atoms with Crippen molar-refractivity contribution in [2.75, 3.05) is 19.8 Å². The first-order valence-electron chi connectivity index (χ1n) is 11.5. The number of aromatic nitrogens is 1. The molecule has 0 aliphatic heterocycles. The molecule has 36 heavy (non-hydrogen) atoms. The zero-order chi connectivity index (χ0) is 26.1. The number of hydrogen-bond acceptors (Lipinski definition) is 6. The molecule has 3 aromatic rings. The van der Waals surface area contributed by atoms with Crippen LogP contribution in [0.25, 0.3) is 11.1 Å². The lowest BCUT2D eigenvalue weighted by molar-refractivity contribution is -0.150. The van der Waals surface area contributed by atoms with Gasteiger partial charge < -0.3 is 24.8 Å². The molecule has 1 heterocycles. The molecule has 192 valence electrons. The summed E-state index contributed by atoms with van der Waals surface area (Å²) in [5.41, 5.74) is 1.04. The average Bonchev–Trinajstić information content (AvgIpc) is 3.29. The van der Waals surface area contributed by atoms with Crippen LogP contribution in [0, 0.1) is 5.41 Å². The fourth-order valence-corrected chi connectivity index (χ4v) is 4.11. The second-order valence-corrected chi connectivity index (χ2v) is 9.25.